The van der Waals surface area contributed by atoms with Crippen LogP contribution < -0.4 is 4.90 Å². The average Bonchev–Trinajstić information content (AvgIpc) is 2.82. The molecule has 1 amide bonds. The van der Waals surface area contributed by atoms with Crippen LogP contribution in [0.2, 0.25) is 0 Å². The van der Waals surface area contributed by atoms with E-state index in [9.17, 15) is 9.18 Å². The Bertz CT molecular complexity index is 668. The minimum Gasteiger partial charge on any atom is -0.398 e. The zero-order valence-electron chi connectivity index (χ0n) is 13.4. The van der Waals surface area contributed by atoms with Crippen LogP contribution in [0, 0.1) is 0 Å². The molecule has 0 atom stereocenters. The summed E-state index contributed by atoms with van der Waals surface area (Å²) in [6, 6.07) is 7.12. The largest absolute Gasteiger partial charge is 0.526 e. The molecular formula is C16H19BFNO3. The van der Waals surface area contributed by atoms with E-state index in [1.807, 2.05) is 33.8 Å². The topological polar surface area (TPSA) is 38.8 Å². The summed E-state index contributed by atoms with van der Waals surface area (Å²) in [5, 5.41) is 0. The highest BCUT2D eigenvalue weighted by molar-refractivity contribution is 6.58. The van der Waals surface area contributed by atoms with Crippen LogP contribution in [-0.4, -0.2) is 31.3 Å². The molecule has 0 N–H and O–H groups in total. The maximum atomic E-state index is 15.0. The third-order valence-corrected chi connectivity index (χ3v) is 4.75. The van der Waals surface area contributed by atoms with Crippen molar-refractivity contribution < 1.29 is 18.5 Å². The highest BCUT2D eigenvalue weighted by atomic mass is 19.1. The third-order valence-electron chi connectivity index (χ3n) is 4.75. The van der Waals surface area contributed by atoms with Gasteiger partial charge >= 0.3 is 7.12 Å². The van der Waals surface area contributed by atoms with E-state index in [-0.39, 0.29) is 11.5 Å². The second-order valence-electron chi connectivity index (χ2n) is 6.69. The molecule has 2 aliphatic heterocycles. The summed E-state index contributed by atoms with van der Waals surface area (Å²) < 4.78 is 26.4. The molecule has 2 aliphatic rings. The summed E-state index contributed by atoms with van der Waals surface area (Å²) >= 11 is 0. The van der Waals surface area contributed by atoms with E-state index in [4.69, 9.17) is 9.31 Å². The quantitative estimate of drug-likeness (QED) is 0.591. The number of rotatable bonds is 1. The molecule has 1 saturated heterocycles. The molecular weight excluding hydrogens is 284 g/mol. The number of hydrogen-bond donors (Lipinski definition) is 0. The van der Waals surface area contributed by atoms with E-state index in [2.05, 4.69) is 0 Å². The lowest BCUT2D eigenvalue weighted by molar-refractivity contribution is -0.112. The Balaban J connectivity index is 2.06. The van der Waals surface area contributed by atoms with Crippen LogP contribution in [0.5, 0.6) is 0 Å². The Kier molecular flexibility index (Phi) is 3.24. The second kappa shape index (κ2) is 4.67. The van der Waals surface area contributed by atoms with Gasteiger partial charge in [0.25, 0.3) is 5.91 Å². The average molecular weight is 303 g/mol. The number of halogens is 1. The van der Waals surface area contributed by atoms with Crippen LogP contribution >= 0.6 is 0 Å². The molecule has 1 aromatic carbocycles. The van der Waals surface area contributed by atoms with Gasteiger partial charge in [0, 0.05) is 12.6 Å². The summed E-state index contributed by atoms with van der Waals surface area (Å²) in [6.07, 6.45) is 0. The number of fused-ring (bicyclic) bond motifs is 1. The number of hydrogen-bond acceptors (Lipinski definition) is 3. The number of carbonyl (C=O) groups is 1. The molecule has 0 aromatic heterocycles. The van der Waals surface area contributed by atoms with Crippen molar-refractivity contribution in [3.63, 3.8) is 0 Å². The van der Waals surface area contributed by atoms with Crippen LogP contribution in [0.15, 0.2) is 30.0 Å². The zero-order chi connectivity index (χ0) is 16.3. The lowest BCUT2D eigenvalue weighted by atomic mass is 9.83. The van der Waals surface area contributed by atoms with Crippen LogP contribution in [-0.2, 0) is 14.1 Å². The van der Waals surface area contributed by atoms with Gasteiger partial charge in [-0.2, -0.15) is 0 Å². The molecule has 4 nitrogen and oxygen atoms in total. The SMILES string of the molecule is CN1C(=O)C(=C(F)B2OC(C)(C)C(C)(C)O2)c2ccccc21. The summed E-state index contributed by atoms with van der Waals surface area (Å²) in [5.41, 5.74) is -0.681. The first kappa shape index (κ1) is 15.2. The van der Waals surface area contributed by atoms with Gasteiger partial charge in [-0.3, -0.25) is 4.79 Å². The van der Waals surface area contributed by atoms with E-state index in [0.717, 1.165) is 0 Å². The molecule has 0 bridgehead atoms. The Hall–Kier alpha value is -1.66. The lowest BCUT2D eigenvalue weighted by Crippen LogP contribution is -2.41. The molecule has 3 rings (SSSR count). The Labute approximate surface area is 130 Å². The van der Waals surface area contributed by atoms with Crippen LogP contribution in [0.4, 0.5) is 10.1 Å². The fraction of sp³-hybridized carbons (Fsp3) is 0.438. The van der Waals surface area contributed by atoms with E-state index < -0.39 is 24.0 Å². The summed E-state index contributed by atoms with van der Waals surface area (Å²) in [4.78, 5) is 13.8. The van der Waals surface area contributed by atoms with Gasteiger partial charge in [0.05, 0.1) is 22.5 Å². The first-order valence-electron chi connectivity index (χ1n) is 7.28. The van der Waals surface area contributed by atoms with Crippen LogP contribution in [0.3, 0.4) is 0 Å². The van der Waals surface area contributed by atoms with Crippen molar-refractivity contribution in [1.29, 1.82) is 0 Å². The fourth-order valence-corrected chi connectivity index (χ4v) is 2.67. The van der Waals surface area contributed by atoms with Gasteiger partial charge in [-0.05, 0) is 33.8 Å². The number of anilines is 1. The standard InChI is InChI=1S/C16H19BFNO3/c1-15(2)16(3,4)22-17(21-15)13(18)12-10-8-6-7-9-11(10)19(5)14(12)20/h6-9H,1-5H3. The minimum atomic E-state index is -1.16. The maximum Gasteiger partial charge on any atom is 0.526 e. The number of para-hydroxylation sites is 1. The highest BCUT2D eigenvalue weighted by Crippen LogP contribution is 2.43. The van der Waals surface area contributed by atoms with Gasteiger partial charge in [-0.1, -0.05) is 18.2 Å². The van der Waals surface area contributed by atoms with Crippen molar-refractivity contribution in [2.45, 2.75) is 38.9 Å². The van der Waals surface area contributed by atoms with Crippen LogP contribution in [0.1, 0.15) is 33.3 Å². The molecule has 1 fully saturated rings. The number of nitrogens with zero attached hydrogens (tertiary/aromatic N) is 1. The predicted molar refractivity (Wildman–Crippen MR) is 84.0 cm³/mol. The van der Waals surface area contributed by atoms with Gasteiger partial charge in [-0.25, -0.2) is 4.39 Å². The van der Waals surface area contributed by atoms with E-state index in [1.54, 1.807) is 25.2 Å². The Morgan fingerprint density at radius 2 is 1.68 bits per heavy atom. The molecule has 22 heavy (non-hydrogen) atoms. The fourth-order valence-electron chi connectivity index (χ4n) is 2.67. The van der Waals surface area contributed by atoms with Crippen molar-refractivity contribution in [3.05, 3.63) is 35.6 Å². The van der Waals surface area contributed by atoms with Gasteiger partial charge in [0.1, 0.15) is 5.73 Å². The molecule has 0 spiro atoms. The van der Waals surface area contributed by atoms with Crippen LogP contribution in [0.25, 0.3) is 5.57 Å². The minimum absolute atomic E-state index is 0.0246. The lowest BCUT2D eigenvalue weighted by Gasteiger charge is -2.32. The first-order chi connectivity index (χ1) is 10.2. The summed E-state index contributed by atoms with van der Waals surface area (Å²) in [5.74, 6) is -0.381. The van der Waals surface area contributed by atoms with E-state index >= 15 is 0 Å². The van der Waals surface area contributed by atoms with E-state index in [0.29, 0.717) is 11.3 Å². The van der Waals surface area contributed by atoms with Crippen molar-refractivity contribution in [2.75, 3.05) is 11.9 Å². The first-order valence-corrected chi connectivity index (χ1v) is 7.28. The third kappa shape index (κ3) is 2.01. The van der Waals surface area contributed by atoms with Gasteiger partial charge in [0.15, 0.2) is 0 Å². The molecule has 0 aliphatic carbocycles. The number of carbonyl (C=O) groups excluding carboxylic acids is 1. The molecule has 6 heteroatoms. The van der Waals surface area contributed by atoms with E-state index in [1.165, 1.54) is 4.90 Å². The molecule has 0 radical (unpaired) electrons. The smallest absolute Gasteiger partial charge is 0.398 e. The molecule has 0 unspecified atom stereocenters. The molecule has 0 saturated carbocycles. The normalized spacial score (nSPS) is 24.7. The molecule has 1 aromatic rings. The van der Waals surface area contributed by atoms with Crippen molar-refractivity contribution in [1.82, 2.24) is 0 Å². The second-order valence-corrected chi connectivity index (χ2v) is 6.69. The van der Waals surface area contributed by atoms with Crippen molar-refractivity contribution in [2.24, 2.45) is 0 Å². The van der Waals surface area contributed by atoms with Gasteiger partial charge < -0.3 is 14.2 Å². The van der Waals surface area contributed by atoms with Gasteiger partial charge in [0.2, 0.25) is 0 Å². The molecule has 2 heterocycles. The Morgan fingerprint density at radius 1 is 1.14 bits per heavy atom. The molecule has 116 valence electrons. The number of benzene rings is 1. The number of amides is 1. The van der Waals surface area contributed by atoms with Crippen molar-refractivity contribution in [3.8, 4) is 0 Å². The van der Waals surface area contributed by atoms with Gasteiger partial charge in [-0.15, -0.1) is 0 Å². The zero-order valence-corrected chi connectivity index (χ0v) is 13.4. The summed E-state index contributed by atoms with van der Waals surface area (Å²) in [6.45, 7) is 7.39. The predicted octanol–water partition coefficient (Wildman–Crippen LogP) is 2.98. The van der Waals surface area contributed by atoms with Crippen molar-refractivity contribution >= 4 is 24.3 Å². The number of likely N-dealkylation sites (N-methyl/N-ethyl adjacent to an activating group) is 1. The summed E-state index contributed by atoms with van der Waals surface area (Å²) in [7, 11) is 0.467. The monoisotopic (exact) mass is 303 g/mol. The maximum absolute atomic E-state index is 15.0. The Morgan fingerprint density at radius 3 is 2.27 bits per heavy atom. The highest BCUT2D eigenvalue weighted by Gasteiger charge is 2.54.